The summed E-state index contributed by atoms with van der Waals surface area (Å²) in [4.78, 5) is 0. The zero-order valence-electron chi connectivity index (χ0n) is 8.83. The highest BCUT2D eigenvalue weighted by molar-refractivity contribution is 7.07. The highest BCUT2D eigenvalue weighted by Crippen LogP contribution is 2.40. The van der Waals surface area contributed by atoms with Crippen LogP contribution in [0.15, 0.2) is 16.8 Å². The molecule has 1 aromatic heterocycles. The van der Waals surface area contributed by atoms with Gasteiger partial charge in [-0.15, -0.1) is 0 Å². The molecular weight excluding hydrogens is 190 g/mol. The SMILES string of the molecule is CC1(C(N)Cc2ccsc2)CCCC1. The molecule has 2 heteroatoms. The summed E-state index contributed by atoms with van der Waals surface area (Å²) in [5.74, 6) is 0. The zero-order valence-corrected chi connectivity index (χ0v) is 9.65. The van der Waals surface area contributed by atoms with Crippen molar-refractivity contribution in [3.8, 4) is 0 Å². The van der Waals surface area contributed by atoms with E-state index in [1.54, 1.807) is 11.3 Å². The van der Waals surface area contributed by atoms with Gasteiger partial charge in [0.1, 0.15) is 0 Å². The van der Waals surface area contributed by atoms with Crippen LogP contribution in [-0.4, -0.2) is 6.04 Å². The van der Waals surface area contributed by atoms with Crippen molar-refractivity contribution < 1.29 is 0 Å². The van der Waals surface area contributed by atoms with Crippen LogP contribution in [0.5, 0.6) is 0 Å². The van der Waals surface area contributed by atoms with E-state index in [1.807, 2.05) is 0 Å². The van der Waals surface area contributed by atoms with Crippen molar-refractivity contribution in [2.24, 2.45) is 11.1 Å². The molecule has 1 fully saturated rings. The summed E-state index contributed by atoms with van der Waals surface area (Å²) in [6, 6.07) is 2.54. The third-order valence-corrected chi connectivity index (χ3v) is 4.41. The molecule has 78 valence electrons. The molecule has 0 radical (unpaired) electrons. The minimum absolute atomic E-state index is 0.347. The maximum atomic E-state index is 6.31. The third kappa shape index (κ3) is 2.01. The second kappa shape index (κ2) is 4.03. The topological polar surface area (TPSA) is 26.0 Å². The van der Waals surface area contributed by atoms with Crippen molar-refractivity contribution in [1.82, 2.24) is 0 Å². The molecular formula is C12H19NS. The first kappa shape index (κ1) is 10.2. The van der Waals surface area contributed by atoms with E-state index in [4.69, 9.17) is 5.73 Å². The van der Waals surface area contributed by atoms with Gasteiger partial charge in [0.25, 0.3) is 0 Å². The van der Waals surface area contributed by atoms with E-state index < -0.39 is 0 Å². The number of hydrogen-bond donors (Lipinski definition) is 1. The van der Waals surface area contributed by atoms with Crippen LogP contribution in [0.3, 0.4) is 0 Å². The van der Waals surface area contributed by atoms with Gasteiger partial charge in [0.05, 0.1) is 0 Å². The van der Waals surface area contributed by atoms with E-state index in [1.165, 1.54) is 31.2 Å². The van der Waals surface area contributed by atoms with Crippen molar-refractivity contribution in [1.29, 1.82) is 0 Å². The fourth-order valence-corrected chi connectivity index (χ4v) is 3.14. The van der Waals surface area contributed by atoms with Gasteiger partial charge in [0.2, 0.25) is 0 Å². The largest absolute Gasteiger partial charge is 0.327 e. The molecule has 1 unspecified atom stereocenters. The van der Waals surface area contributed by atoms with E-state index in [2.05, 4.69) is 23.8 Å². The van der Waals surface area contributed by atoms with Crippen LogP contribution < -0.4 is 5.73 Å². The molecule has 1 aromatic rings. The third-order valence-electron chi connectivity index (χ3n) is 3.68. The van der Waals surface area contributed by atoms with E-state index in [9.17, 15) is 0 Å². The smallest absolute Gasteiger partial charge is 0.0134 e. The lowest BCUT2D eigenvalue weighted by molar-refractivity contribution is 0.260. The molecule has 14 heavy (non-hydrogen) atoms. The standard InChI is InChI=1S/C12H19NS/c1-12(5-2-3-6-12)11(13)8-10-4-7-14-9-10/h4,7,9,11H,2-3,5-6,8,13H2,1H3. The first-order valence-electron chi connectivity index (χ1n) is 5.47. The van der Waals surface area contributed by atoms with Crippen LogP contribution in [0.25, 0.3) is 0 Å². The number of rotatable bonds is 3. The van der Waals surface area contributed by atoms with Gasteiger partial charge in [-0.2, -0.15) is 11.3 Å². The Bertz CT molecular complexity index is 273. The predicted octanol–water partition coefficient (Wildman–Crippen LogP) is 3.20. The van der Waals surface area contributed by atoms with Crippen LogP contribution in [-0.2, 0) is 6.42 Å². The molecule has 1 aliphatic rings. The van der Waals surface area contributed by atoms with Gasteiger partial charge < -0.3 is 5.73 Å². The molecule has 0 saturated heterocycles. The maximum Gasteiger partial charge on any atom is 0.0134 e. The first-order chi connectivity index (χ1) is 6.71. The summed E-state index contributed by atoms with van der Waals surface area (Å²) in [6.07, 6.45) is 6.43. The second-order valence-electron chi connectivity index (χ2n) is 4.80. The van der Waals surface area contributed by atoms with Crippen molar-refractivity contribution in [2.75, 3.05) is 0 Å². The summed E-state index contributed by atoms with van der Waals surface area (Å²) in [5.41, 5.74) is 8.13. The van der Waals surface area contributed by atoms with E-state index in [0.717, 1.165) is 6.42 Å². The Labute approximate surface area is 90.3 Å². The Morgan fingerprint density at radius 3 is 2.79 bits per heavy atom. The normalized spacial score (nSPS) is 22.4. The van der Waals surface area contributed by atoms with Crippen molar-refractivity contribution in [2.45, 2.75) is 45.1 Å². The molecule has 2 rings (SSSR count). The molecule has 1 saturated carbocycles. The van der Waals surface area contributed by atoms with E-state index in [0.29, 0.717) is 11.5 Å². The Kier molecular flexibility index (Phi) is 2.93. The lowest BCUT2D eigenvalue weighted by Gasteiger charge is -2.31. The van der Waals surface area contributed by atoms with Gasteiger partial charge >= 0.3 is 0 Å². The summed E-state index contributed by atoms with van der Waals surface area (Å²) in [6.45, 7) is 2.36. The minimum atomic E-state index is 0.347. The predicted molar refractivity (Wildman–Crippen MR) is 62.6 cm³/mol. The lowest BCUT2D eigenvalue weighted by atomic mass is 9.79. The highest BCUT2D eigenvalue weighted by Gasteiger charge is 2.34. The number of nitrogens with two attached hydrogens (primary N) is 1. The second-order valence-corrected chi connectivity index (χ2v) is 5.58. The van der Waals surface area contributed by atoms with Crippen LogP contribution >= 0.6 is 11.3 Å². The van der Waals surface area contributed by atoms with E-state index >= 15 is 0 Å². The van der Waals surface area contributed by atoms with Gasteiger partial charge in [-0.05, 0) is 47.1 Å². The summed E-state index contributed by atoms with van der Waals surface area (Å²) >= 11 is 1.77. The first-order valence-corrected chi connectivity index (χ1v) is 6.42. The molecule has 0 bridgehead atoms. The maximum absolute atomic E-state index is 6.31. The average molecular weight is 209 g/mol. The average Bonchev–Trinajstić information content (AvgIpc) is 2.76. The van der Waals surface area contributed by atoms with Gasteiger partial charge in [-0.3, -0.25) is 0 Å². The Morgan fingerprint density at radius 1 is 1.50 bits per heavy atom. The van der Waals surface area contributed by atoms with Crippen LogP contribution in [0, 0.1) is 5.41 Å². The van der Waals surface area contributed by atoms with Crippen LogP contribution in [0.1, 0.15) is 38.2 Å². The Hall–Kier alpha value is -0.340. The quantitative estimate of drug-likeness (QED) is 0.813. The summed E-state index contributed by atoms with van der Waals surface area (Å²) in [7, 11) is 0. The molecule has 1 heterocycles. The van der Waals surface area contributed by atoms with Crippen LogP contribution in [0.2, 0.25) is 0 Å². The fourth-order valence-electron chi connectivity index (χ4n) is 2.46. The molecule has 1 atom stereocenters. The Morgan fingerprint density at radius 2 is 2.21 bits per heavy atom. The van der Waals surface area contributed by atoms with Crippen LogP contribution in [0.4, 0.5) is 0 Å². The number of hydrogen-bond acceptors (Lipinski definition) is 2. The lowest BCUT2D eigenvalue weighted by Crippen LogP contribution is -2.39. The van der Waals surface area contributed by atoms with Gasteiger partial charge in [-0.1, -0.05) is 19.8 Å². The van der Waals surface area contributed by atoms with E-state index in [-0.39, 0.29) is 0 Å². The zero-order chi connectivity index (χ0) is 10.0. The molecule has 0 amide bonds. The molecule has 1 aliphatic carbocycles. The minimum Gasteiger partial charge on any atom is -0.327 e. The molecule has 0 aromatic carbocycles. The van der Waals surface area contributed by atoms with Gasteiger partial charge in [0, 0.05) is 6.04 Å². The summed E-state index contributed by atoms with van der Waals surface area (Å²) < 4.78 is 0. The van der Waals surface area contributed by atoms with Gasteiger partial charge in [0.15, 0.2) is 0 Å². The van der Waals surface area contributed by atoms with Crippen molar-refractivity contribution in [3.63, 3.8) is 0 Å². The van der Waals surface area contributed by atoms with Gasteiger partial charge in [-0.25, -0.2) is 0 Å². The molecule has 1 nitrogen and oxygen atoms in total. The molecule has 0 spiro atoms. The van der Waals surface area contributed by atoms with Crippen molar-refractivity contribution >= 4 is 11.3 Å². The summed E-state index contributed by atoms with van der Waals surface area (Å²) in [5, 5.41) is 4.36. The fraction of sp³-hybridized carbons (Fsp3) is 0.667. The van der Waals surface area contributed by atoms with Crippen molar-refractivity contribution in [3.05, 3.63) is 22.4 Å². The monoisotopic (exact) mass is 209 g/mol. The highest BCUT2D eigenvalue weighted by atomic mass is 32.1. The number of thiophene rings is 1. The Balaban J connectivity index is 1.98. The molecule has 0 aliphatic heterocycles. The molecule has 2 N–H and O–H groups in total.